The molecule has 30 heavy (non-hydrogen) atoms. The van der Waals surface area contributed by atoms with E-state index in [1.165, 1.54) is 17.5 Å². The molecule has 0 aliphatic heterocycles. The van der Waals surface area contributed by atoms with Crippen molar-refractivity contribution in [3.05, 3.63) is 47.5 Å². The Kier molecular flexibility index (Phi) is 5.06. The molecule has 0 spiro atoms. The molecule has 156 valence electrons. The monoisotopic (exact) mass is 442 g/mol. The summed E-state index contributed by atoms with van der Waals surface area (Å²) >= 11 is 1.03. The first kappa shape index (κ1) is 20.1. The Morgan fingerprint density at radius 3 is 2.70 bits per heavy atom. The van der Waals surface area contributed by atoms with Gasteiger partial charge in [0.05, 0.1) is 0 Å². The summed E-state index contributed by atoms with van der Waals surface area (Å²) in [5.74, 6) is -1.14. The number of halogens is 5. The van der Waals surface area contributed by atoms with Gasteiger partial charge in [-0.05, 0) is 18.2 Å². The lowest BCUT2D eigenvalue weighted by molar-refractivity contribution is -0.123. The molecule has 0 radical (unpaired) electrons. The molecular weight excluding hydrogens is 431 g/mol. The van der Waals surface area contributed by atoms with E-state index in [0.717, 1.165) is 11.3 Å². The zero-order chi connectivity index (χ0) is 21.5. The predicted octanol–water partition coefficient (Wildman–Crippen LogP) is 5.60. The van der Waals surface area contributed by atoms with Crippen molar-refractivity contribution in [1.29, 1.82) is 0 Å². The number of aromatic nitrogens is 1. The fourth-order valence-electron chi connectivity index (χ4n) is 2.94. The van der Waals surface area contributed by atoms with Crippen LogP contribution >= 0.6 is 11.3 Å². The summed E-state index contributed by atoms with van der Waals surface area (Å²) in [6.45, 7) is -4.54. The third kappa shape index (κ3) is 3.92. The molecule has 0 bridgehead atoms. The number of furan rings is 1. The van der Waals surface area contributed by atoms with Gasteiger partial charge in [-0.25, -0.2) is 4.98 Å². The quantitative estimate of drug-likeness (QED) is 0.409. The van der Waals surface area contributed by atoms with Gasteiger partial charge in [-0.1, -0.05) is 18.2 Å². The van der Waals surface area contributed by atoms with Gasteiger partial charge in [0.1, 0.15) is 22.8 Å². The van der Waals surface area contributed by atoms with Crippen LogP contribution in [0.5, 0.6) is 5.75 Å². The smallest absolute Gasteiger partial charge is 0.405 e. The minimum Gasteiger partial charge on any atom is -0.452 e. The van der Waals surface area contributed by atoms with Crippen molar-refractivity contribution < 1.29 is 35.9 Å². The lowest BCUT2D eigenvalue weighted by Gasteiger charge is -2.07. The Hall–Kier alpha value is -3.21. The molecule has 0 unspecified atom stereocenters. The van der Waals surface area contributed by atoms with Crippen molar-refractivity contribution in [2.24, 2.45) is 0 Å². The van der Waals surface area contributed by atoms with Crippen LogP contribution in [0.3, 0.4) is 0 Å². The fourth-order valence-corrected chi connectivity index (χ4v) is 3.78. The second kappa shape index (κ2) is 7.56. The van der Waals surface area contributed by atoms with E-state index in [0.29, 0.717) is 26.9 Å². The highest BCUT2D eigenvalue weighted by molar-refractivity contribution is 7.13. The number of fused-ring (bicyclic) bond motifs is 3. The van der Waals surface area contributed by atoms with Crippen LogP contribution in [0, 0.1) is 0 Å². The third-order valence-electron chi connectivity index (χ3n) is 4.12. The number of benzene rings is 2. The normalized spacial score (nSPS) is 12.1. The number of carbonyl (C=O) groups is 1. The van der Waals surface area contributed by atoms with Crippen molar-refractivity contribution in [2.45, 2.75) is 12.8 Å². The highest BCUT2D eigenvalue weighted by Gasteiger charge is 2.28. The fraction of sp³-hybridized carbons (Fsp3) is 0.158. The topological polar surface area (TPSA) is 64.4 Å². The molecule has 0 aliphatic carbocycles. The molecule has 2 heterocycles. The van der Waals surface area contributed by atoms with Crippen LogP contribution in [-0.4, -0.2) is 30.2 Å². The number of alkyl halides is 5. The van der Waals surface area contributed by atoms with Gasteiger partial charge in [-0.15, -0.1) is 11.3 Å². The molecule has 2 aromatic heterocycles. The Bertz CT molecular complexity index is 1230. The van der Waals surface area contributed by atoms with Crippen LogP contribution in [0.1, 0.15) is 10.5 Å². The summed E-state index contributed by atoms with van der Waals surface area (Å²) < 4.78 is 72.7. The number of amides is 1. The number of carbonyl (C=O) groups excluding carboxylic acids is 1. The molecule has 1 amide bonds. The number of ether oxygens (including phenoxy) is 1. The van der Waals surface area contributed by atoms with E-state index in [4.69, 9.17) is 4.42 Å². The molecule has 0 fully saturated rings. The van der Waals surface area contributed by atoms with Crippen LogP contribution in [0.2, 0.25) is 0 Å². The molecular formula is C19H11F5N2O3S. The van der Waals surface area contributed by atoms with Gasteiger partial charge in [-0.3, -0.25) is 4.79 Å². The number of nitrogens with zero attached hydrogens (tertiary/aromatic N) is 1. The van der Waals surface area contributed by atoms with E-state index in [1.54, 1.807) is 29.6 Å². The van der Waals surface area contributed by atoms with Crippen LogP contribution in [0.4, 0.5) is 22.0 Å². The second-order valence-corrected chi connectivity index (χ2v) is 6.99. The Balaban J connectivity index is 1.78. The average Bonchev–Trinajstić information content (AvgIpc) is 3.31. The minimum absolute atomic E-state index is 0.0762. The molecule has 0 aliphatic rings. The maximum absolute atomic E-state index is 12.8. The van der Waals surface area contributed by atoms with Crippen molar-refractivity contribution in [2.75, 3.05) is 6.54 Å². The Morgan fingerprint density at radius 2 is 1.97 bits per heavy atom. The SMILES string of the molecule is O=C(NCC(F)(F)F)c1csc(-c2ccc(OC(F)F)c3oc4ccccc4c23)n1. The van der Waals surface area contributed by atoms with Gasteiger partial charge in [0.2, 0.25) is 0 Å². The highest BCUT2D eigenvalue weighted by atomic mass is 32.1. The van der Waals surface area contributed by atoms with E-state index < -0.39 is 25.2 Å². The van der Waals surface area contributed by atoms with Gasteiger partial charge in [0.25, 0.3) is 5.91 Å². The van der Waals surface area contributed by atoms with E-state index in [1.807, 2.05) is 0 Å². The second-order valence-electron chi connectivity index (χ2n) is 6.13. The largest absolute Gasteiger partial charge is 0.452 e. The maximum atomic E-state index is 12.8. The van der Waals surface area contributed by atoms with E-state index in [9.17, 15) is 26.7 Å². The van der Waals surface area contributed by atoms with Crippen LogP contribution in [-0.2, 0) is 0 Å². The summed E-state index contributed by atoms with van der Waals surface area (Å²) in [7, 11) is 0. The minimum atomic E-state index is -4.54. The van der Waals surface area contributed by atoms with Gasteiger partial charge in [-0.2, -0.15) is 22.0 Å². The number of rotatable bonds is 5. The highest BCUT2D eigenvalue weighted by Crippen LogP contribution is 2.42. The van der Waals surface area contributed by atoms with Crippen LogP contribution in [0.15, 0.2) is 46.2 Å². The summed E-state index contributed by atoms with van der Waals surface area (Å²) in [4.78, 5) is 16.1. The van der Waals surface area contributed by atoms with Gasteiger partial charge in [0, 0.05) is 21.7 Å². The number of hydrogen-bond acceptors (Lipinski definition) is 5. The summed E-state index contributed by atoms with van der Waals surface area (Å²) in [6, 6.07) is 9.60. The molecule has 4 rings (SSSR count). The van der Waals surface area contributed by atoms with Crippen molar-refractivity contribution in [1.82, 2.24) is 10.3 Å². The van der Waals surface area contributed by atoms with Gasteiger partial charge < -0.3 is 14.5 Å². The van der Waals surface area contributed by atoms with E-state index in [-0.39, 0.29) is 17.0 Å². The average molecular weight is 442 g/mol. The van der Waals surface area contributed by atoms with Crippen LogP contribution in [0.25, 0.3) is 32.5 Å². The van der Waals surface area contributed by atoms with Gasteiger partial charge >= 0.3 is 12.8 Å². The van der Waals surface area contributed by atoms with Crippen molar-refractivity contribution in [3.8, 4) is 16.3 Å². The predicted molar refractivity (Wildman–Crippen MR) is 99.8 cm³/mol. The molecule has 0 saturated carbocycles. The maximum Gasteiger partial charge on any atom is 0.405 e. The Labute approximate surface area is 169 Å². The van der Waals surface area contributed by atoms with Crippen LogP contribution < -0.4 is 10.1 Å². The van der Waals surface area contributed by atoms with Crippen molar-refractivity contribution in [3.63, 3.8) is 0 Å². The van der Waals surface area contributed by atoms with E-state index >= 15 is 0 Å². The standard InChI is InChI=1S/C19H11F5N2O3S/c20-18(21)29-13-6-5-10(14-9-3-1-2-4-12(9)28-15(13)14)17-26-11(7-30-17)16(27)25-8-19(22,23)24/h1-7,18H,8H2,(H,25,27). The molecule has 5 nitrogen and oxygen atoms in total. The molecule has 11 heteroatoms. The first-order chi connectivity index (χ1) is 14.2. The molecule has 0 atom stereocenters. The summed E-state index contributed by atoms with van der Waals surface area (Å²) in [5, 5.41) is 4.44. The van der Waals surface area contributed by atoms with Crippen molar-refractivity contribution >= 4 is 39.2 Å². The third-order valence-corrected chi connectivity index (χ3v) is 5.00. The molecule has 2 aromatic carbocycles. The number of nitrogens with one attached hydrogen (secondary N) is 1. The summed E-state index contributed by atoms with van der Waals surface area (Å²) in [6.07, 6.45) is -4.54. The lowest BCUT2D eigenvalue weighted by Crippen LogP contribution is -2.33. The molecule has 0 saturated heterocycles. The first-order valence-corrected chi connectivity index (χ1v) is 9.31. The number of para-hydroxylation sites is 1. The number of thiazole rings is 1. The zero-order valence-corrected chi connectivity index (χ0v) is 15.6. The number of hydrogen-bond donors (Lipinski definition) is 1. The molecule has 1 N–H and O–H groups in total. The molecule has 4 aromatic rings. The Morgan fingerprint density at radius 1 is 1.20 bits per heavy atom. The summed E-state index contributed by atoms with van der Waals surface area (Å²) in [5.41, 5.74) is 0.788. The lowest BCUT2D eigenvalue weighted by atomic mass is 10.1. The first-order valence-electron chi connectivity index (χ1n) is 8.43. The zero-order valence-electron chi connectivity index (χ0n) is 14.8. The van der Waals surface area contributed by atoms with E-state index in [2.05, 4.69) is 9.72 Å². The van der Waals surface area contributed by atoms with Gasteiger partial charge in [0.15, 0.2) is 11.3 Å².